The first-order chi connectivity index (χ1) is 8.49. The molecule has 0 bridgehead atoms. The highest BCUT2D eigenvalue weighted by molar-refractivity contribution is 7.80. The summed E-state index contributed by atoms with van der Waals surface area (Å²) in [5.41, 5.74) is 1.17. The van der Waals surface area contributed by atoms with Crippen molar-refractivity contribution in [3.63, 3.8) is 0 Å². The second kappa shape index (κ2) is 7.56. The Balaban J connectivity index is 2.37. The lowest BCUT2D eigenvalue weighted by molar-refractivity contribution is -0.856. The van der Waals surface area contributed by atoms with Crippen molar-refractivity contribution >= 4 is 28.9 Å². The van der Waals surface area contributed by atoms with Crippen molar-refractivity contribution in [3.05, 3.63) is 34.9 Å². The van der Waals surface area contributed by atoms with Gasteiger partial charge in [0.15, 0.2) is 5.11 Å². The average Bonchev–Trinajstić information content (AvgIpc) is 2.29. The number of hydrogen-bond acceptors (Lipinski definition) is 1. The molecule has 0 spiro atoms. The van der Waals surface area contributed by atoms with Crippen LogP contribution in [0.2, 0.25) is 5.02 Å². The quantitative estimate of drug-likeness (QED) is 0.706. The summed E-state index contributed by atoms with van der Waals surface area (Å²) in [4.78, 5) is 1.40. The summed E-state index contributed by atoms with van der Waals surface area (Å²) in [6.45, 7) is 3.99. The summed E-state index contributed by atoms with van der Waals surface area (Å²) in [6, 6.07) is 7.97. The fraction of sp³-hybridized carbons (Fsp3) is 0.462. The third-order valence-electron chi connectivity index (χ3n) is 2.63. The van der Waals surface area contributed by atoms with Gasteiger partial charge in [-0.15, -0.1) is 0 Å². The van der Waals surface area contributed by atoms with E-state index in [0.717, 1.165) is 18.1 Å². The monoisotopic (exact) mass is 286 g/mol. The van der Waals surface area contributed by atoms with Gasteiger partial charge in [0.2, 0.25) is 0 Å². The van der Waals surface area contributed by atoms with Crippen LogP contribution in [0.15, 0.2) is 24.3 Å². The minimum atomic E-state index is 0.175. The van der Waals surface area contributed by atoms with Gasteiger partial charge in [-0.05, 0) is 36.8 Å². The zero-order valence-corrected chi connectivity index (χ0v) is 12.7. The van der Waals surface area contributed by atoms with E-state index in [-0.39, 0.29) is 6.04 Å². The van der Waals surface area contributed by atoms with Crippen LogP contribution in [0.5, 0.6) is 0 Å². The summed E-state index contributed by atoms with van der Waals surface area (Å²) in [6.07, 6.45) is 0. The van der Waals surface area contributed by atoms with Gasteiger partial charge in [0.1, 0.15) is 0 Å². The first kappa shape index (κ1) is 15.2. The van der Waals surface area contributed by atoms with Crippen molar-refractivity contribution in [3.8, 4) is 0 Å². The van der Waals surface area contributed by atoms with Gasteiger partial charge in [0.05, 0.1) is 33.2 Å². The van der Waals surface area contributed by atoms with Crippen LogP contribution >= 0.6 is 23.8 Å². The van der Waals surface area contributed by atoms with E-state index in [1.807, 2.05) is 24.3 Å². The number of hydrogen-bond donors (Lipinski definition) is 3. The molecule has 1 atom stereocenters. The van der Waals surface area contributed by atoms with E-state index in [9.17, 15) is 0 Å². The molecule has 3 nitrogen and oxygen atoms in total. The maximum Gasteiger partial charge on any atom is 0.166 e. The molecule has 0 aliphatic carbocycles. The Morgan fingerprint density at radius 1 is 1.33 bits per heavy atom. The molecular weight excluding hydrogens is 266 g/mol. The third kappa shape index (κ3) is 5.67. The molecule has 1 rings (SSSR count). The van der Waals surface area contributed by atoms with Crippen molar-refractivity contribution in [1.82, 2.24) is 10.6 Å². The Morgan fingerprint density at radius 2 is 1.94 bits per heavy atom. The molecule has 100 valence electrons. The van der Waals surface area contributed by atoms with Crippen LogP contribution in [0, 0.1) is 0 Å². The Kier molecular flexibility index (Phi) is 6.39. The van der Waals surface area contributed by atoms with Crippen molar-refractivity contribution in [2.24, 2.45) is 0 Å². The summed E-state index contributed by atoms with van der Waals surface area (Å²) >= 11 is 11.1. The van der Waals surface area contributed by atoms with E-state index in [2.05, 4.69) is 31.7 Å². The molecule has 0 aliphatic heterocycles. The second-order valence-electron chi connectivity index (χ2n) is 4.63. The summed E-state index contributed by atoms with van der Waals surface area (Å²) in [5.74, 6) is 0. The normalized spacial score (nSPS) is 12.3. The van der Waals surface area contributed by atoms with Crippen molar-refractivity contribution in [1.29, 1.82) is 0 Å². The van der Waals surface area contributed by atoms with Crippen LogP contribution in [-0.4, -0.2) is 32.3 Å². The fourth-order valence-corrected chi connectivity index (χ4v) is 1.91. The number of halogens is 1. The minimum absolute atomic E-state index is 0.175. The molecule has 18 heavy (non-hydrogen) atoms. The van der Waals surface area contributed by atoms with Crippen LogP contribution in [0.1, 0.15) is 18.5 Å². The molecule has 0 radical (unpaired) electrons. The molecule has 5 heteroatoms. The zero-order valence-electron chi connectivity index (χ0n) is 11.1. The number of benzene rings is 1. The molecule has 0 saturated carbocycles. The highest BCUT2D eigenvalue weighted by Crippen LogP contribution is 2.15. The lowest BCUT2D eigenvalue weighted by atomic mass is 10.1. The Bertz CT molecular complexity index is 378. The van der Waals surface area contributed by atoms with E-state index < -0.39 is 0 Å². The van der Waals surface area contributed by atoms with Crippen molar-refractivity contribution in [2.45, 2.75) is 13.0 Å². The maximum atomic E-state index is 5.86. The molecule has 0 amide bonds. The van der Waals surface area contributed by atoms with E-state index in [0.29, 0.717) is 5.11 Å². The highest BCUT2D eigenvalue weighted by atomic mass is 35.5. The number of likely N-dealkylation sites (N-methyl/N-ethyl adjacent to an activating group) is 1. The predicted molar refractivity (Wildman–Crippen MR) is 81.3 cm³/mol. The Hall–Kier alpha value is -0.840. The smallest absolute Gasteiger partial charge is 0.166 e. The molecule has 0 saturated heterocycles. The first-order valence-corrected chi connectivity index (χ1v) is 6.86. The standard InChI is InChI=1S/C13H20ClN3S/c1-10(11-4-6-12(14)7-5-11)16-13(18)15-8-9-17(2)3/h4-7,10H,8-9H2,1-3H3,(H2,15,16,18)/p+1/t10-/m0/s1. The summed E-state index contributed by atoms with van der Waals surface area (Å²) < 4.78 is 0. The molecule has 0 unspecified atom stereocenters. The zero-order chi connectivity index (χ0) is 13.5. The number of thiocarbonyl (C=S) groups is 1. The van der Waals surface area contributed by atoms with E-state index in [4.69, 9.17) is 23.8 Å². The molecule has 0 fully saturated rings. The van der Waals surface area contributed by atoms with Crippen molar-refractivity contribution < 1.29 is 4.90 Å². The molecule has 3 N–H and O–H groups in total. The Labute approximate surface area is 120 Å². The van der Waals surface area contributed by atoms with Gasteiger partial charge < -0.3 is 15.5 Å². The predicted octanol–water partition coefficient (Wildman–Crippen LogP) is 1.01. The highest BCUT2D eigenvalue weighted by Gasteiger charge is 2.06. The van der Waals surface area contributed by atoms with E-state index >= 15 is 0 Å². The lowest BCUT2D eigenvalue weighted by Crippen LogP contribution is -3.06. The van der Waals surface area contributed by atoms with Gasteiger partial charge in [-0.3, -0.25) is 0 Å². The van der Waals surface area contributed by atoms with Gasteiger partial charge in [-0.2, -0.15) is 0 Å². The molecule has 0 aliphatic rings. The van der Waals surface area contributed by atoms with Gasteiger partial charge in [-0.1, -0.05) is 23.7 Å². The van der Waals surface area contributed by atoms with Crippen LogP contribution in [0.25, 0.3) is 0 Å². The first-order valence-electron chi connectivity index (χ1n) is 6.08. The summed E-state index contributed by atoms with van der Waals surface area (Å²) in [5, 5.41) is 7.90. The molecule has 0 heterocycles. The van der Waals surface area contributed by atoms with Gasteiger partial charge in [-0.25, -0.2) is 0 Å². The van der Waals surface area contributed by atoms with Crippen molar-refractivity contribution in [2.75, 3.05) is 27.2 Å². The van der Waals surface area contributed by atoms with Gasteiger partial charge >= 0.3 is 0 Å². The van der Waals surface area contributed by atoms with Crippen LogP contribution in [-0.2, 0) is 0 Å². The number of rotatable bonds is 5. The SMILES string of the molecule is C[C@H](NC(=S)NCC[NH+](C)C)c1ccc(Cl)cc1. The lowest BCUT2D eigenvalue weighted by Gasteiger charge is -2.17. The minimum Gasteiger partial charge on any atom is -0.357 e. The van der Waals surface area contributed by atoms with Gasteiger partial charge in [0, 0.05) is 5.02 Å². The number of nitrogens with one attached hydrogen (secondary N) is 3. The van der Waals surface area contributed by atoms with Gasteiger partial charge in [0.25, 0.3) is 0 Å². The molecule has 0 aromatic heterocycles. The van der Waals surface area contributed by atoms with Crippen LogP contribution < -0.4 is 15.5 Å². The topological polar surface area (TPSA) is 28.5 Å². The molecule has 1 aromatic carbocycles. The molecule has 1 aromatic rings. The second-order valence-corrected chi connectivity index (χ2v) is 5.48. The fourth-order valence-electron chi connectivity index (χ4n) is 1.51. The largest absolute Gasteiger partial charge is 0.357 e. The molecular formula is C13H21ClN3S+. The number of quaternary nitrogens is 1. The Morgan fingerprint density at radius 3 is 2.50 bits per heavy atom. The van der Waals surface area contributed by atoms with Crippen LogP contribution in [0.4, 0.5) is 0 Å². The third-order valence-corrected chi connectivity index (χ3v) is 3.14. The average molecular weight is 287 g/mol. The van der Waals surface area contributed by atoms with Crippen LogP contribution in [0.3, 0.4) is 0 Å². The van der Waals surface area contributed by atoms with E-state index in [1.54, 1.807) is 0 Å². The van der Waals surface area contributed by atoms with E-state index in [1.165, 1.54) is 10.5 Å². The summed E-state index contributed by atoms with van der Waals surface area (Å²) in [7, 11) is 4.24. The maximum absolute atomic E-state index is 5.86.